The van der Waals surface area contributed by atoms with Crippen LogP contribution in [0.25, 0.3) is 0 Å². The van der Waals surface area contributed by atoms with Crippen molar-refractivity contribution >= 4 is 11.8 Å². The van der Waals surface area contributed by atoms with E-state index in [1.54, 1.807) is 24.5 Å². The lowest BCUT2D eigenvalue weighted by Gasteiger charge is -2.39. The number of hydrogen-bond donors (Lipinski definition) is 1. The molecule has 4 rings (SSSR count). The number of nitrogens with one attached hydrogen (secondary N) is 1. The lowest BCUT2D eigenvalue weighted by molar-refractivity contribution is -0.135. The summed E-state index contributed by atoms with van der Waals surface area (Å²) in [4.78, 5) is 31.3. The van der Waals surface area contributed by atoms with Crippen LogP contribution in [0.1, 0.15) is 54.4 Å². The second kappa shape index (κ2) is 8.55. The number of aromatic nitrogens is 1. The van der Waals surface area contributed by atoms with Crippen LogP contribution in [0.3, 0.4) is 0 Å². The lowest BCUT2D eigenvalue weighted by Crippen LogP contribution is -2.52. The highest BCUT2D eigenvalue weighted by Gasteiger charge is 2.43. The first-order valence-electron chi connectivity index (χ1n) is 10.3. The molecule has 5 heteroatoms. The van der Waals surface area contributed by atoms with Crippen molar-refractivity contribution in [1.82, 2.24) is 15.2 Å². The van der Waals surface area contributed by atoms with E-state index in [0.29, 0.717) is 12.0 Å². The van der Waals surface area contributed by atoms with Crippen LogP contribution in [0.4, 0.5) is 0 Å². The van der Waals surface area contributed by atoms with Crippen LogP contribution >= 0.6 is 0 Å². The fourth-order valence-electron chi connectivity index (χ4n) is 4.69. The molecule has 0 spiro atoms. The molecule has 1 aromatic carbocycles. The molecule has 3 heterocycles. The van der Waals surface area contributed by atoms with Gasteiger partial charge in [0.05, 0.1) is 0 Å². The smallest absolute Gasteiger partial charge is 0.251 e. The van der Waals surface area contributed by atoms with Gasteiger partial charge in [0.2, 0.25) is 5.91 Å². The Bertz CT molecular complexity index is 795. The van der Waals surface area contributed by atoms with Crippen molar-refractivity contribution in [3.63, 3.8) is 0 Å². The molecule has 146 valence electrons. The number of carbonyl (C=O) groups excluding carboxylic acids is 2. The van der Waals surface area contributed by atoms with Crippen LogP contribution < -0.4 is 5.32 Å². The van der Waals surface area contributed by atoms with E-state index in [9.17, 15) is 9.59 Å². The van der Waals surface area contributed by atoms with E-state index in [1.807, 2.05) is 18.2 Å². The Morgan fingerprint density at radius 2 is 1.68 bits per heavy atom. The van der Waals surface area contributed by atoms with E-state index < -0.39 is 0 Å². The average molecular weight is 377 g/mol. The van der Waals surface area contributed by atoms with Crippen molar-refractivity contribution < 1.29 is 9.59 Å². The third kappa shape index (κ3) is 4.24. The molecule has 1 unspecified atom stereocenters. The van der Waals surface area contributed by atoms with Gasteiger partial charge in [-0.1, -0.05) is 30.3 Å². The first-order chi connectivity index (χ1) is 13.7. The molecule has 0 radical (unpaired) electrons. The Morgan fingerprint density at radius 1 is 1.00 bits per heavy atom. The van der Waals surface area contributed by atoms with Crippen LogP contribution in [0.2, 0.25) is 0 Å². The normalized spacial score (nSPS) is 23.4. The predicted molar refractivity (Wildman–Crippen MR) is 108 cm³/mol. The SMILES string of the molecule is O=C(NC1C[C@H]2CC[C@@H](C1)N2C(=O)CCCc1ccccc1)c1ccncc1. The number of nitrogens with zero attached hydrogens (tertiary/aromatic N) is 2. The third-order valence-corrected chi connectivity index (χ3v) is 6.00. The van der Waals surface area contributed by atoms with Gasteiger partial charge in [-0.25, -0.2) is 0 Å². The second-order valence-corrected chi connectivity index (χ2v) is 7.90. The average Bonchev–Trinajstić information content (AvgIpc) is 3.00. The zero-order valence-corrected chi connectivity index (χ0v) is 16.1. The minimum atomic E-state index is -0.0468. The molecule has 0 saturated carbocycles. The Balaban J connectivity index is 1.28. The summed E-state index contributed by atoms with van der Waals surface area (Å²) in [6.45, 7) is 0. The molecule has 3 atom stereocenters. The van der Waals surface area contributed by atoms with E-state index in [0.717, 1.165) is 38.5 Å². The molecule has 2 aliphatic rings. The largest absolute Gasteiger partial charge is 0.349 e. The summed E-state index contributed by atoms with van der Waals surface area (Å²) < 4.78 is 0. The summed E-state index contributed by atoms with van der Waals surface area (Å²) in [6, 6.07) is 14.5. The van der Waals surface area contributed by atoms with E-state index >= 15 is 0 Å². The molecule has 2 saturated heterocycles. The fraction of sp³-hybridized carbons (Fsp3) is 0.435. The Morgan fingerprint density at radius 3 is 2.36 bits per heavy atom. The number of benzene rings is 1. The highest BCUT2D eigenvalue weighted by atomic mass is 16.2. The Labute approximate surface area is 166 Å². The third-order valence-electron chi connectivity index (χ3n) is 6.00. The number of carbonyl (C=O) groups is 2. The van der Waals surface area contributed by atoms with E-state index in [-0.39, 0.29) is 29.9 Å². The second-order valence-electron chi connectivity index (χ2n) is 7.90. The van der Waals surface area contributed by atoms with Gasteiger partial charge in [0.25, 0.3) is 5.91 Å². The van der Waals surface area contributed by atoms with Crippen molar-refractivity contribution in [2.75, 3.05) is 0 Å². The molecule has 1 aromatic heterocycles. The predicted octanol–water partition coefficient (Wildman–Crippen LogP) is 3.36. The van der Waals surface area contributed by atoms with Crippen molar-refractivity contribution in [1.29, 1.82) is 0 Å². The highest BCUT2D eigenvalue weighted by Crippen LogP contribution is 2.36. The molecule has 1 N–H and O–H groups in total. The quantitative estimate of drug-likeness (QED) is 0.840. The van der Waals surface area contributed by atoms with Crippen LogP contribution in [0.5, 0.6) is 0 Å². The van der Waals surface area contributed by atoms with Crippen LogP contribution in [0.15, 0.2) is 54.9 Å². The van der Waals surface area contributed by atoms with E-state index in [2.05, 4.69) is 27.3 Å². The number of fused-ring (bicyclic) bond motifs is 2. The van der Waals surface area contributed by atoms with Crippen LogP contribution in [-0.4, -0.2) is 39.8 Å². The first kappa shape index (κ1) is 18.7. The standard InChI is InChI=1S/C23H27N3O2/c27-22(8-4-7-17-5-2-1-3-6-17)26-20-9-10-21(26)16-19(15-20)25-23(28)18-11-13-24-14-12-18/h1-3,5-6,11-14,19-21H,4,7-10,15-16H2,(H,25,28)/t19?,20-,21+. The minimum Gasteiger partial charge on any atom is -0.349 e. The van der Waals surface area contributed by atoms with Gasteiger partial charge in [-0.3, -0.25) is 14.6 Å². The highest BCUT2D eigenvalue weighted by molar-refractivity contribution is 5.94. The number of rotatable bonds is 6. The summed E-state index contributed by atoms with van der Waals surface area (Å²) >= 11 is 0. The Kier molecular flexibility index (Phi) is 5.70. The maximum absolute atomic E-state index is 12.8. The Hall–Kier alpha value is -2.69. The molecule has 5 nitrogen and oxygen atoms in total. The van der Waals surface area contributed by atoms with Gasteiger partial charge in [0.15, 0.2) is 0 Å². The summed E-state index contributed by atoms with van der Waals surface area (Å²) in [5.41, 5.74) is 1.93. The topological polar surface area (TPSA) is 62.3 Å². The number of piperidine rings is 1. The van der Waals surface area contributed by atoms with Gasteiger partial charge >= 0.3 is 0 Å². The minimum absolute atomic E-state index is 0.0468. The van der Waals surface area contributed by atoms with Gasteiger partial charge in [-0.2, -0.15) is 0 Å². The molecule has 28 heavy (non-hydrogen) atoms. The monoisotopic (exact) mass is 377 g/mol. The lowest BCUT2D eigenvalue weighted by atomic mass is 9.96. The number of hydrogen-bond acceptors (Lipinski definition) is 3. The van der Waals surface area contributed by atoms with Crippen LogP contribution in [0, 0.1) is 0 Å². The van der Waals surface area contributed by atoms with Gasteiger partial charge < -0.3 is 10.2 Å². The maximum Gasteiger partial charge on any atom is 0.251 e. The summed E-state index contributed by atoms with van der Waals surface area (Å²) in [5.74, 6) is 0.233. The molecule has 2 fully saturated rings. The zero-order chi connectivity index (χ0) is 19.3. The molecular formula is C23H27N3O2. The number of aryl methyl sites for hydroxylation is 1. The first-order valence-corrected chi connectivity index (χ1v) is 10.3. The van der Waals surface area contributed by atoms with E-state index in [1.165, 1.54) is 5.56 Å². The molecule has 2 aliphatic heterocycles. The molecule has 2 aromatic rings. The number of pyridine rings is 1. The fourth-order valence-corrected chi connectivity index (χ4v) is 4.69. The van der Waals surface area contributed by atoms with Crippen molar-refractivity contribution in [2.45, 2.75) is 63.1 Å². The van der Waals surface area contributed by atoms with E-state index in [4.69, 9.17) is 0 Å². The zero-order valence-electron chi connectivity index (χ0n) is 16.1. The molecular weight excluding hydrogens is 350 g/mol. The summed E-state index contributed by atoms with van der Waals surface area (Å²) in [7, 11) is 0. The number of amides is 2. The summed E-state index contributed by atoms with van der Waals surface area (Å²) in [5, 5.41) is 3.16. The molecule has 2 bridgehead atoms. The van der Waals surface area contributed by atoms with Gasteiger partial charge in [0, 0.05) is 42.5 Å². The molecule has 2 amide bonds. The van der Waals surface area contributed by atoms with Gasteiger partial charge in [-0.15, -0.1) is 0 Å². The maximum atomic E-state index is 12.8. The van der Waals surface area contributed by atoms with Gasteiger partial charge in [-0.05, 0) is 56.2 Å². The summed E-state index contributed by atoms with van der Waals surface area (Å²) in [6.07, 6.45) is 9.53. The van der Waals surface area contributed by atoms with Crippen molar-refractivity contribution in [3.8, 4) is 0 Å². The van der Waals surface area contributed by atoms with Crippen LogP contribution in [-0.2, 0) is 11.2 Å². The van der Waals surface area contributed by atoms with Gasteiger partial charge in [0.1, 0.15) is 0 Å². The molecule has 0 aliphatic carbocycles. The van der Waals surface area contributed by atoms with Crippen molar-refractivity contribution in [3.05, 3.63) is 66.0 Å². The van der Waals surface area contributed by atoms with Crippen molar-refractivity contribution in [2.24, 2.45) is 0 Å².